The fraction of sp³-hybridized carbons (Fsp3) is 0.350. The third-order valence-electron chi connectivity index (χ3n) is 4.78. The number of benzene rings is 2. The highest BCUT2D eigenvalue weighted by Crippen LogP contribution is 2.38. The summed E-state index contributed by atoms with van der Waals surface area (Å²) in [5.41, 5.74) is 1.78. The third kappa shape index (κ3) is 3.64. The van der Waals surface area contributed by atoms with E-state index in [-0.39, 0.29) is 11.9 Å². The average molecular weight is 373 g/mol. The minimum Gasteiger partial charge on any atom is -0.486 e. The van der Waals surface area contributed by atoms with Crippen LogP contribution in [0.2, 0.25) is 5.02 Å². The first-order chi connectivity index (χ1) is 12.7. The fourth-order valence-electron chi connectivity index (χ4n) is 3.51. The van der Waals surface area contributed by atoms with Crippen molar-refractivity contribution in [3.63, 3.8) is 0 Å². The number of hydrogen-bond donors (Lipinski definition) is 1. The van der Waals surface area contributed by atoms with Crippen LogP contribution < -0.4 is 14.8 Å². The molecule has 0 radical (unpaired) electrons. The second-order valence-corrected chi connectivity index (χ2v) is 6.99. The molecular weight excluding hydrogens is 352 g/mol. The molecule has 1 atom stereocenters. The number of anilines is 1. The van der Waals surface area contributed by atoms with E-state index in [0.717, 1.165) is 25.9 Å². The van der Waals surface area contributed by atoms with Gasteiger partial charge in [0.25, 0.3) is 0 Å². The second-order valence-electron chi connectivity index (χ2n) is 6.58. The molecule has 6 heteroatoms. The summed E-state index contributed by atoms with van der Waals surface area (Å²) in [7, 11) is 0. The summed E-state index contributed by atoms with van der Waals surface area (Å²) in [4.78, 5) is 15.1. The van der Waals surface area contributed by atoms with Crippen molar-refractivity contribution in [2.24, 2.45) is 0 Å². The summed E-state index contributed by atoms with van der Waals surface area (Å²) in [5.74, 6) is 1.20. The van der Waals surface area contributed by atoms with E-state index in [9.17, 15) is 4.79 Å². The maximum absolute atomic E-state index is 12.9. The van der Waals surface area contributed by atoms with Crippen LogP contribution in [0.3, 0.4) is 0 Å². The minimum absolute atomic E-state index is 0.0305. The second kappa shape index (κ2) is 7.56. The first-order valence-electron chi connectivity index (χ1n) is 8.89. The van der Waals surface area contributed by atoms with Gasteiger partial charge in [-0.2, -0.15) is 0 Å². The van der Waals surface area contributed by atoms with Crippen LogP contribution in [0.1, 0.15) is 18.4 Å². The lowest BCUT2D eigenvalue weighted by Crippen LogP contribution is -2.39. The van der Waals surface area contributed by atoms with Gasteiger partial charge in [-0.3, -0.25) is 9.69 Å². The molecule has 0 bridgehead atoms. The Morgan fingerprint density at radius 3 is 2.65 bits per heavy atom. The van der Waals surface area contributed by atoms with Crippen molar-refractivity contribution in [3.8, 4) is 11.5 Å². The Balaban J connectivity index is 1.47. The van der Waals surface area contributed by atoms with E-state index in [1.165, 1.54) is 5.56 Å². The van der Waals surface area contributed by atoms with Gasteiger partial charge in [0, 0.05) is 18.7 Å². The molecule has 136 valence electrons. The first-order valence-corrected chi connectivity index (χ1v) is 9.26. The Kier molecular flexibility index (Phi) is 5.00. The number of nitrogens with one attached hydrogen (secondary N) is 1. The third-order valence-corrected chi connectivity index (χ3v) is 5.10. The van der Waals surface area contributed by atoms with Crippen molar-refractivity contribution in [2.45, 2.75) is 25.4 Å². The predicted octanol–water partition coefficient (Wildman–Crippen LogP) is 3.71. The summed E-state index contributed by atoms with van der Waals surface area (Å²) >= 11 is 6.31. The van der Waals surface area contributed by atoms with E-state index in [0.29, 0.717) is 35.4 Å². The number of carbonyl (C=O) groups excluding carboxylic acids is 1. The van der Waals surface area contributed by atoms with Crippen molar-refractivity contribution in [1.29, 1.82) is 0 Å². The zero-order valence-corrected chi connectivity index (χ0v) is 15.2. The highest BCUT2D eigenvalue weighted by molar-refractivity contribution is 6.34. The Bertz CT molecular complexity index is 797. The molecule has 2 aliphatic rings. The predicted molar refractivity (Wildman–Crippen MR) is 101 cm³/mol. The van der Waals surface area contributed by atoms with E-state index >= 15 is 0 Å². The van der Waals surface area contributed by atoms with E-state index in [2.05, 4.69) is 22.3 Å². The largest absolute Gasteiger partial charge is 0.486 e. The quantitative estimate of drug-likeness (QED) is 0.888. The van der Waals surface area contributed by atoms with Gasteiger partial charge in [-0.1, -0.05) is 41.9 Å². The number of nitrogens with zero attached hydrogens (tertiary/aromatic N) is 1. The molecule has 1 N–H and O–H groups in total. The molecule has 1 saturated heterocycles. The van der Waals surface area contributed by atoms with Crippen LogP contribution in [0.5, 0.6) is 11.5 Å². The van der Waals surface area contributed by atoms with E-state index in [1.807, 2.05) is 18.2 Å². The van der Waals surface area contributed by atoms with Crippen molar-refractivity contribution < 1.29 is 14.3 Å². The van der Waals surface area contributed by atoms with Crippen LogP contribution in [0.4, 0.5) is 5.69 Å². The fourth-order valence-corrected chi connectivity index (χ4v) is 3.71. The average Bonchev–Trinajstić information content (AvgIpc) is 3.11. The summed E-state index contributed by atoms with van der Waals surface area (Å²) in [6.45, 7) is 2.69. The van der Waals surface area contributed by atoms with Crippen molar-refractivity contribution in [2.75, 3.05) is 25.1 Å². The van der Waals surface area contributed by atoms with Crippen molar-refractivity contribution >= 4 is 23.2 Å². The van der Waals surface area contributed by atoms with Gasteiger partial charge in [-0.25, -0.2) is 0 Å². The molecule has 2 heterocycles. The number of fused-ring (bicyclic) bond motifs is 1. The summed E-state index contributed by atoms with van der Waals surface area (Å²) in [6.07, 6.45) is 1.86. The molecule has 4 rings (SSSR count). The van der Waals surface area contributed by atoms with Gasteiger partial charge in [0.05, 0.1) is 16.8 Å². The number of carbonyl (C=O) groups is 1. The molecular formula is C20H21ClN2O3. The van der Waals surface area contributed by atoms with Crippen LogP contribution >= 0.6 is 11.6 Å². The van der Waals surface area contributed by atoms with Gasteiger partial charge >= 0.3 is 0 Å². The van der Waals surface area contributed by atoms with E-state index in [1.54, 1.807) is 12.1 Å². The Morgan fingerprint density at radius 1 is 1.15 bits per heavy atom. The molecule has 1 amide bonds. The van der Waals surface area contributed by atoms with Gasteiger partial charge < -0.3 is 14.8 Å². The Labute approximate surface area is 157 Å². The monoisotopic (exact) mass is 372 g/mol. The number of halogens is 1. The van der Waals surface area contributed by atoms with Gasteiger partial charge in [-0.05, 0) is 24.9 Å². The number of rotatable bonds is 4. The summed E-state index contributed by atoms with van der Waals surface area (Å²) in [6, 6.07) is 13.5. The SMILES string of the molecule is O=C(Nc1cc2c(cc1Cl)OCCO2)C1CCCN1Cc1ccccc1. The highest BCUT2D eigenvalue weighted by Gasteiger charge is 2.31. The molecule has 1 fully saturated rings. The van der Waals surface area contributed by atoms with Crippen molar-refractivity contribution in [3.05, 3.63) is 53.1 Å². The van der Waals surface area contributed by atoms with Gasteiger partial charge in [-0.15, -0.1) is 0 Å². The lowest BCUT2D eigenvalue weighted by molar-refractivity contribution is -0.120. The zero-order valence-electron chi connectivity index (χ0n) is 14.4. The number of likely N-dealkylation sites (tertiary alicyclic amines) is 1. The van der Waals surface area contributed by atoms with E-state index in [4.69, 9.17) is 21.1 Å². The lowest BCUT2D eigenvalue weighted by atomic mass is 10.1. The normalized spacial score (nSPS) is 19.3. The molecule has 2 aliphatic heterocycles. The molecule has 0 spiro atoms. The van der Waals surface area contributed by atoms with Crippen molar-refractivity contribution in [1.82, 2.24) is 4.90 Å². The van der Waals surface area contributed by atoms with Crippen LogP contribution in [0.25, 0.3) is 0 Å². The molecule has 5 nitrogen and oxygen atoms in total. The smallest absolute Gasteiger partial charge is 0.241 e. The lowest BCUT2D eigenvalue weighted by Gasteiger charge is -2.24. The minimum atomic E-state index is -0.153. The standard InChI is InChI=1S/C20H21ClN2O3/c21-15-11-18-19(26-10-9-25-18)12-16(15)22-20(24)17-7-4-8-23(17)13-14-5-2-1-3-6-14/h1-3,5-6,11-12,17H,4,7-10,13H2,(H,22,24). The summed E-state index contributed by atoms with van der Waals surface area (Å²) in [5, 5.41) is 3.42. The Hall–Kier alpha value is -2.24. The maximum Gasteiger partial charge on any atom is 0.241 e. The van der Waals surface area contributed by atoms with Gasteiger partial charge in [0.2, 0.25) is 5.91 Å². The van der Waals surface area contributed by atoms with Crippen LogP contribution in [0.15, 0.2) is 42.5 Å². The van der Waals surface area contributed by atoms with Crippen LogP contribution in [-0.4, -0.2) is 36.6 Å². The molecule has 1 unspecified atom stereocenters. The molecule has 2 aromatic carbocycles. The summed E-state index contributed by atoms with van der Waals surface area (Å²) < 4.78 is 11.1. The molecule has 26 heavy (non-hydrogen) atoms. The van der Waals surface area contributed by atoms with Gasteiger partial charge in [0.15, 0.2) is 11.5 Å². The molecule has 0 aromatic heterocycles. The number of hydrogen-bond acceptors (Lipinski definition) is 4. The highest BCUT2D eigenvalue weighted by atomic mass is 35.5. The zero-order chi connectivity index (χ0) is 17.9. The molecule has 0 aliphatic carbocycles. The first kappa shape index (κ1) is 17.2. The van der Waals surface area contributed by atoms with Crippen LogP contribution in [0, 0.1) is 0 Å². The Morgan fingerprint density at radius 2 is 1.88 bits per heavy atom. The topological polar surface area (TPSA) is 50.8 Å². The number of amides is 1. The number of ether oxygens (including phenoxy) is 2. The molecule has 2 aromatic rings. The van der Waals surface area contributed by atoms with E-state index < -0.39 is 0 Å². The maximum atomic E-state index is 12.9. The molecule has 0 saturated carbocycles. The van der Waals surface area contributed by atoms with Gasteiger partial charge in [0.1, 0.15) is 13.2 Å². The van der Waals surface area contributed by atoms with Crippen LogP contribution in [-0.2, 0) is 11.3 Å².